The second-order valence-electron chi connectivity index (χ2n) is 7.72. The van der Waals surface area contributed by atoms with E-state index in [0.29, 0.717) is 12.1 Å². The smallest absolute Gasteiger partial charge is 0.227 e. The monoisotopic (exact) mass is 378 g/mol. The molecule has 28 heavy (non-hydrogen) atoms. The fraction of sp³-hybridized carbons (Fsp3) is 0.381. The number of anilines is 2. The van der Waals surface area contributed by atoms with Gasteiger partial charge in [-0.25, -0.2) is 14.4 Å². The molecule has 6 nitrogen and oxygen atoms in total. The van der Waals surface area contributed by atoms with E-state index in [2.05, 4.69) is 44.7 Å². The Morgan fingerprint density at radius 1 is 1.18 bits per heavy atom. The molecule has 4 heterocycles. The van der Waals surface area contributed by atoms with Crippen LogP contribution in [0.1, 0.15) is 43.3 Å². The summed E-state index contributed by atoms with van der Waals surface area (Å²) < 4.78 is 17.0. The molecule has 2 aliphatic rings. The van der Waals surface area contributed by atoms with Crippen LogP contribution >= 0.6 is 0 Å². The normalized spacial score (nSPS) is 16.0. The lowest BCUT2D eigenvalue weighted by Gasteiger charge is -2.31. The van der Waals surface area contributed by atoms with Gasteiger partial charge in [0.2, 0.25) is 5.95 Å². The first-order valence-corrected chi connectivity index (χ1v) is 9.78. The first kappa shape index (κ1) is 17.2. The van der Waals surface area contributed by atoms with Crippen LogP contribution in [-0.2, 0) is 0 Å². The summed E-state index contributed by atoms with van der Waals surface area (Å²) in [5.74, 6) is 2.09. The van der Waals surface area contributed by atoms with Gasteiger partial charge in [-0.1, -0.05) is 6.08 Å². The highest BCUT2D eigenvalue weighted by molar-refractivity contribution is 5.91. The van der Waals surface area contributed by atoms with Crippen LogP contribution in [0.5, 0.6) is 0 Å². The molecule has 3 aromatic rings. The van der Waals surface area contributed by atoms with Crippen molar-refractivity contribution in [1.29, 1.82) is 0 Å². The molecule has 0 amide bonds. The van der Waals surface area contributed by atoms with Crippen LogP contribution < -0.4 is 10.2 Å². The minimum atomic E-state index is -0.297. The lowest BCUT2D eigenvalue weighted by atomic mass is 9.96. The number of fused-ring (bicyclic) bond motifs is 2. The zero-order chi connectivity index (χ0) is 19.4. The van der Waals surface area contributed by atoms with Crippen LogP contribution in [0, 0.1) is 12.7 Å². The SMILES string of the molecule is Cc1nc2c(F)cc(C3=CCNc4nc(N5CCC5)ncc43)cc2n1C(C)C. The highest BCUT2D eigenvalue weighted by Gasteiger charge is 2.23. The van der Waals surface area contributed by atoms with Gasteiger partial charge in [0.05, 0.1) is 5.52 Å². The van der Waals surface area contributed by atoms with E-state index in [1.807, 2.05) is 19.2 Å². The summed E-state index contributed by atoms with van der Waals surface area (Å²) >= 11 is 0. The summed E-state index contributed by atoms with van der Waals surface area (Å²) in [6.07, 6.45) is 5.10. The summed E-state index contributed by atoms with van der Waals surface area (Å²) in [4.78, 5) is 15.8. The quantitative estimate of drug-likeness (QED) is 0.749. The summed E-state index contributed by atoms with van der Waals surface area (Å²) in [5.41, 5.74) is 3.94. The molecule has 144 valence electrons. The van der Waals surface area contributed by atoms with E-state index in [1.165, 1.54) is 6.42 Å². The lowest BCUT2D eigenvalue weighted by molar-refractivity contribution is 0.600. The molecular weight excluding hydrogens is 355 g/mol. The predicted molar refractivity (Wildman–Crippen MR) is 109 cm³/mol. The average molecular weight is 378 g/mol. The number of nitrogens with zero attached hydrogens (tertiary/aromatic N) is 5. The van der Waals surface area contributed by atoms with E-state index in [1.54, 1.807) is 6.07 Å². The van der Waals surface area contributed by atoms with Crippen molar-refractivity contribution in [2.75, 3.05) is 29.9 Å². The van der Waals surface area contributed by atoms with Crippen LogP contribution in [-0.4, -0.2) is 39.2 Å². The minimum Gasteiger partial charge on any atom is -0.366 e. The lowest BCUT2D eigenvalue weighted by Crippen LogP contribution is -2.38. The molecule has 0 unspecified atom stereocenters. The molecule has 0 aliphatic carbocycles. The molecular formula is C21H23FN6. The highest BCUT2D eigenvalue weighted by atomic mass is 19.1. The van der Waals surface area contributed by atoms with Crippen molar-refractivity contribution >= 4 is 28.4 Å². The topological polar surface area (TPSA) is 58.9 Å². The van der Waals surface area contributed by atoms with Crippen molar-refractivity contribution < 1.29 is 4.39 Å². The fourth-order valence-corrected chi connectivity index (χ4v) is 4.08. The van der Waals surface area contributed by atoms with Gasteiger partial charge in [0, 0.05) is 37.4 Å². The summed E-state index contributed by atoms with van der Waals surface area (Å²) in [6, 6.07) is 3.81. The van der Waals surface area contributed by atoms with Gasteiger partial charge in [-0.15, -0.1) is 0 Å². The van der Waals surface area contributed by atoms with Crippen molar-refractivity contribution in [1.82, 2.24) is 19.5 Å². The Balaban J connectivity index is 1.63. The number of aromatic nitrogens is 4. The third-order valence-electron chi connectivity index (χ3n) is 5.53. The molecule has 1 fully saturated rings. The molecule has 0 bridgehead atoms. The van der Waals surface area contributed by atoms with Crippen molar-refractivity contribution in [3.63, 3.8) is 0 Å². The zero-order valence-corrected chi connectivity index (χ0v) is 16.3. The maximum absolute atomic E-state index is 14.9. The maximum atomic E-state index is 14.9. The first-order valence-electron chi connectivity index (χ1n) is 9.78. The average Bonchev–Trinajstić information content (AvgIpc) is 2.96. The van der Waals surface area contributed by atoms with Crippen LogP contribution in [0.4, 0.5) is 16.2 Å². The van der Waals surface area contributed by atoms with E-state index in [0.717, 1.165) is 52.9 Å². The van der Waals surface area contributed by atoms with E-state index in [-0.39, 0.29) is 11.9 Å². The van der Waals surface area contributed by atoms with Crippen molar-refractivity contribution in [2.24, 2.45) is 0 Å². The van der Waals surface area contributed by atoms with Crippen LogP contribution in [0.25, 0.3) is 16.6 Å². The van der Waals surface area contributed by atoms with Gasteiger partial charge >= 0.3 is 0 Å². The predicted octanol–water partition coefficient (Wildman–Crippen LogP) is 3.92. The second kappa shape index (κ2) is 6.29. The molecule has 0 radical (unpaired) electrons. The Bertz CT molecular complexity index is 1110. The number of nitrogens with one attached hydrogen (secondary N) is 1. The number of hydrogen-bond acceptors (Lipinski definition) is 5. The molecule has 1 N–H and O–H groups in total. The van der Waals surface area contributed by atoms with Gasteiger partial charge < -0.3 is 14.8 Å². The van der Waals surface area contributed by atoms with Crippen LogP contribution in [0.15, 0.2) is 24.4 Å². The van der Waals surface area contributed by atoms with E-state index >= 15 is 0 Å². The van der Waals surface area contributed by atoms with Gasteiger partial charge in [0.1, 0.15) is 17.2 Å². The molecule has 2 aliphatic heterocycles. The minimum absolute atomic E-state index is 0.205. The third-order valence-corrected chi connectivity index (χ3v) is 5.53. The molecule has 0 atom stereocenters. The second-order valence-corrected chi connectivity index (χ2v) is 7.72. The maximum Gasteiger partial charge on any atom is 0.227 e. The number of imidazole rings is 1. The molecule has 2 aromatic heterocycles. The van der Waals surface area contributed by atoms with E-state index in [9.17, 15) is 4.39 Å². The largest absolute Gasteiger partial charge is 0.366 e. The van der Waals surface area contributed by atoms with Gasteiger partial charge in [-0.05, 0) is 50.5 Å². The number of halogens is 1. The number of rotatable bonds is 3. The Labute approximate surface area is 163 Å². The van der Waals surface area contributed by atoms with Crippen LogP contribution in [0.2, 0.25) is 0 Å². The molecule has 7 heteroatoms. The molecule has 0 saturated carbocycles. The van der Waals surface area contributed by atoms with Gasteiger partial charge in [0.15, 0.2) is 5.82 Å². The van der Waals surface area contributed by atoms with Gasteiger partial charge in [-0.2, -0.15) is 4.98 Å². The standard InChI is InChI=1S/C21H23FN6/c1-12(2)28-13(3)25-19-17(22)9-14(10-18(19)28)15-5-6-23-20-16(15)11-24-21(26-20)27-7-4-8-27/h5,9-12H,4,6-8H2,1-3H3,(H,23,24,26). The fourth-order valence-electron chi connectivity index (χ4n) is 4.08. The van der Waals surface area contributed by atoms with Crippen molar-refractivity contribution in [3.05, 3.63) is 47.2 Å². The number of hydrogen-bond donors (Lipinski definition) is 1. The number of aryl methyl sites for hydroxylation is 1. The van der Waals surface area contributed by atoms with Crippen LogP contribution in [0.3, 0.4) is 0 Å². The molecule has 5 rings (SSSR count). The first-order chi connectivity index (χ1) is 13.5. The molecule has 1 saturated heterocycles. The zero-order valence-electron chi connectivity index (χ0n) is 16.3. The van der Waals surface area contributed by atoms with Gasteiger partial charge in [-0.3, -0.25) is 0 Å². The Kier molecular flexibility index (Phi) is 3.86. The summed E-state index contributed by atoms with van der Waals surface area (Å²) in [7, 11) is 0. The summed E-state index contributed by atoms with van der Waals surface area (Å²) in [6.45, 7) is 8.75. The van der Waals surface area contributed by atoms with Crippen molar-refractivity contribution in [2.45, 2.75) is 33.2 Å². The van der Waals surface area contributed by atoms with Crippen molar-refractivity contribution in [3.8, 4) is 0 Å². The Morgan fingerprint density at radius 3 is 2.71 bits per heavy atom. The van der Waals surface area contributed by atoms with Gasteiger partial charge in [0.25, 0.3) is 0 Å². The highest BCUT2D eigenvalue weighted by Crippen LogP contribution is 2.35. The number of benzene rings is 1. The third kappa shape index (κ3) is 2.57. The summed E-state index contributed by atoms with van der Waals surface area (Å²) in [5, 5.41) is 3.33. The Morgan fingerprint density at radius 2 is 2.00 bits per heavy atom. The molecule has 0 spiro atoms. The van der Waals surface area contributed by atoms with E-state index < -0.39 is 0 Å². The van der Waals surface area contributed by atoms with E-state index in [4.69, 9.17) is 4.98 Å². The molecule has 1 aromatic carbocycles. The Hall–Kier alpha value is -2.96.